The Balaban J connectivity index is 1.58. The Morgan fingerprint density at radius 2 is 1.64 bits per heavy atom. The Morgan fingerprint density at radius 3 is 2.25 bits per heavy atom. The molecule has 2 aliphatic carbocycles. The fourth-order valence-electron chi connectivity index (χ4n) is 5.91. The van der Waals surface area contributed by atoms with Gasteiger partial charge in [-0.3, -0.25) is 0 Å². The van der Waals surface area contributed by atoms with Crippen molar-refractivity contribution in [1.82, 2.24) is 0 Å². The molecule has 0 aromatic heterocycles. The van der Waals surface area contributed by atoms with E-state index in [4.69, 9.17) is 4.74 Å². The second-order valence-corrected chi connectivity index (χ2v) is 10.8. The van der Waals surface area contributed by atoms with Gasteiger partial charge in [-0.25, -0.2) is 4.79 Å². The largest absolute Gasteiger partial charge is 0.506 e. The molecule has 2 aromatic carbocycles. The highest BCUT2D eigenvalue weighted by atomic mass is 127. The first-order valence-electron chi connectivity index (χ1n) is 9.79. The Hall–Kier alpha value is -0.870. The van der Waals surface area contributed by atoms with Gasteiger partial charge in [-0.05, 0) is 62.9 Å². The number of aromatic hydroxyl groups is 1. The number of nitrogens with two attached hydrogens (primary N) is 1. The van der Waals surface area contributed by atoms with Crippen LogP contribution in [0.1, 0.15) is 41.6 Å². The Morgan fingerprint density at radius 1 is 1.04 bits per heavy atom. The fourth-order valence-corrected chi connectivity index (χ4v) is 7.75. The van der Waals surface area contributed by atoms with Crippen LogP contribution >= 0.6 is 45.2 Å². The minimum atomic E-state index is -0.585. The first-order valence-corrected chi connectivity index (χ1v) is 11.9. The molecule has 6 heteroatoms. The van der Waals surface area contributed by atoms with Crippen LogP contribution in [-0.2, 0) is 10.3 Å². The topological polar surface area (TPSA) is 63.1 Å². The summed E-state index contributed by atoms with van der Waals surface area (Å²) in [4.78, 5) is 13.3. The smallest absolute Gasteiger partial charge is 0.342 e. The molecule has 6 rings (SSSR count). The van der Waals surface area contributed by atoms with Crippen molar-refractivity contribution in [3.63, 3.8) is 0 Å². The zero-order valence-electron chi connectivity index (χ0n) is 15.3. The van der Waals surface area contributed by atoms with Gasteiger partial charge in [-0.2, -0.15) is 0 Å². The van der Waals surface area contributed by atoms with E-state index in [9.17, 15) is 9.90 Å². The van der Waals surface area contributed by atoms with Crippen molar-refractivity contribution in [2.45, 2.75) is 43.4 Å². The molecule has 0 spiro atoms. The van der Waals surface area contributed by atoms with E-state index in [1.807, 2.05) is 24.3 Å². The monoisotopic (exact) mass is 602 g/mol. The molecule has 2 heterocycles. The van der Waals surface area contributed by atoms with Crippen LogP contribution in [0.25, 0.3) is 0 Å². The Labute approximate surface area is 191 Å². The van der Waals surface area contributed by atoms with Gasteiger partial charge in [0.2, 0.25) is 0 Å². The highest BCUT2D eigenvalue weighted by Gasteiger charge is 2.62. The number of halogens is 2. The van der Waals surface area contributed by atoms with Crippen molar-refractivity contribution in [2.75, 3.05) is 0 Å². The van der Waals surface area contributed by atoms with Crippen molar-refractivity contribution in [3.8, 4) is 5.75 Å². The van der Waals surface area contributed by atoms with Crippen LogP contribution in [0.5, 0.6) is 5.75 Å². The van der Waals surface area contributed by atoms with E-state index in [0.29, 0.717) is 27.5 Å². The zero-order chi connectivity index (χ0) is 19.5. The van der Waals surface area contributed by atoms with Gasteiger partial charge >= 0.3 is 5.97 Å². The maximum absolute atomic E-state index is 13.3. The molecular formula is C22H22I2NO3+. The van der Waals surface area contributed by atoms with Gasteiger partial charge in [0, 0.05) is 41.1 Å². The Bertz CT molecular complexity index is 903. The summed E-state index contributed by atoms with van der Waals surface area (Å²) in [5, 5.41) is 13.1. The Kier molecular flexibility index (Phi) is 4.86. The lowest BCUT2D eigenvalue weighted by Crippen LogP contribution is -3.01. The zero-order valence-corrected chi connectivity index (χ0v) is 19.6. The molecule has 4 fully saturated rings. The number of piperidine rings is 2. The lowest BCUT2D eigenvalue weighted by atomic mass is 9.54. The molecule has 0 radical (unpaired) electrons. The minimum Gasteiger partial charge on any atom is -0.506 e. The predicted molar refractivity (Wildman–Crippen MR) is 122 cm³/mol. The number of ether oxygens (including phenoxy) is 1. The van der Waals surface area contributed by atoms with E-state index in [1.54, 1.807) is 6.07 Å². The average Bonchev–Trinajstić information content (AvgIpc) is 2.67. The molecule has 0 atom stereocenters. The molecule has 2 saturated heterocycles. The number of rotatable bonds is 3. The first-order chi connectivity index (χ1) is 13.5. The number of esters is 1. The molecule has 4 bridgehead atoms. The second-order valence-electron chi connectivity index (χ2n) is 8.38. The molecule has 146 valence electrons. The molecule has 0 amide bonds. The summed E-state index contributed by atoms with van der Waals surface area (Å²) in [6, 6.07) is 15.2. The second kappa shape index (κ2) is 7.12. The first kappa shape index (κ1) is 19.1. The number of benzene rings is 2. The summed E-state index contributed by atoms with van der Waals surface area (Å²) in [6.07, 6.45) is 4.35. The minimum absolute atomic E-state index is 0.0198. The summed E-state index contributed by atoms with van der Waals surface area (Å²) < 4.78 is 8.05. The summed E-state index contributed by atoms with van der Waals surface area (Å²) in [5.41, 5.74) is 0.794. The third-order valence-corrected chi connectivity index (χ3v) is 8.29. The SMILES string of the molecule is O=C(OC1(c2ccccc2)C2CC3CC1CC(C2)[NH2+]3)c1cc(I)cc(I)c1O. The van der Waals surface area contributed by atoms with Crippen LogP contribution in [0.4, 0.5) is 0 Å². The lowest BCUT2D eigenvalue weighted by molar-refractivity contribution is -0.752. The molecule has 0 unspecified atom stereocenters. The van der Waals surface area contributed by atoms with Gasteiger partial charge in [0.1, 0.15) is 16.9 Å². The fraction of sp³-hybridized carbons (Fsp3) is 0.409. The standard InChI is InChI=1S/C22H21I2NO3/c23-15-10-18(20(26)19(24)11-15)21(27)28-22(12-4-2-1-3-5-12)13-6-16-8-14(22)9-17(7-13)25-16/h1-5,10-11,13-14,16-17,25-26H,6-9H2/p+1. The molecule has 4 aliphatic rings. The number of quaternary nitrogens is 1. The van der Waals surface area contributed by atoms with E-state index in [2.05, 4.69) is 62.6 Å². The average molecular weight is 602 g/mol. The van der Waals surface area contributed by atoms with Crippen molar-refractivity contribution < 1.29 is 20.0 Å². The van der Waals surface area contributed by atoms with Crippen molar-refractivity contribution in [2.24, 2.45) is 11.8 Å². The molecule has 2 aliphatic heterocycles. The molecule has 2 aromatic rings. The number of phenolic OH excluding ortho intramolecular Hbond substituents is 1. The molecule has 28 heavy (non-hydrogen) atoms. The number of phenols is 1. The van der Waals surface area contributed by atoms with Crippen LogP contribution in [0.2, 0.25) is 0 Å². The summed E-state index contributed by atoms with van der Waals surface area (Å²) >= 11 is 4.24. The van der Waals surface area contributed by atoms with Gasteiger partial charge in [-0.1, -0.05) is 30.3 Å². The normalized spacial score (nSPS) is 33.1. The van der Waals surface area contributed by atoms with E-state index in [-0.39, 0.29) is 11.3 Å². The number of hydrogen-bond donors (Lipinski definition) is 2. The predicted octanol–water partition coefficient (Wildman–Crippen LogP) is 3.79. The quantitative estimate of drug-likeness (QED) is 0.416. The highest BCUT2D eigenvalue weighted by molar-refractivity contribution is 14.1. The van der Waals surface area contributed by atoms with Crippen LogP contribution in [0.3, 0.4) is 0 Å². The number of carbonyl (C=O) groups is 1. The molecule has 2 saturated carbocycles. The van der Waals surface area contributed by atoms with Gasteiger partial charge in [0.05, 0.1) is 15.7 Å². The van der Waals surface area contributed by atoms with Crippen LogP contribution in [-0.4, -0.2) is 23.2 Å². The van der Waals surface area contributed by atoms with E-state index in [1.165, 1.54) is 0 Å². The van der Waals surface area contributed by atoms with Gasteiger partial charge in [-0.15, -0.1) is 0 Å². The van der Waals surface area contributed by atoms with E-state index >= 15 is 0 Å². The van der Waals surface area contributed by atoms with Crippen LogP contribution in [0, 0.1) is 19.0 Å². The highest BCUT2D eigenvalue weighted by Crippen LogP contribution is 2.56. The summed E-state index contributed by atoms with van der Waals surface area (Å²) in [6.45, 7) is 0. The number of carbonyl (C=O) groups excluding carboxylic acids is 1. The third-order valence-electron chi connectivity index (χ3n) is 6.84. The van der Waals surface area contributed by atoms with E-state index < -0.39 is 11.6 Å². The maximum Gasteiger partial charge on any atom is 0.342 e. The van der Waals surface area contributed by atoms with Crippen molar-refractivity contribution in [1.29, 1.82) is 0 Å². The molecule has 4 nitrogen and oxygen atoms in total. The van der Waals surface area contributed by atoms with Gasteiger partial charge < -0.3 is 15.2 Å². The summed E-state index contributed by atoms with van der Waals surface area (Å²) in [5.74, 6) is 0.298. The maximum atomic E-state index is 13.3. The van der Waals surface area contributed by atoms with Gasteiger partial charge in [0.25, 0.3) is 0 Å². The van der Waals surface area contributed by atoms with Crippen LogP contribution in [0.15, 0.2) is 42.5 Å². The molecule has 3 N–H and O–H groups in total. The van der Waals surface area contributed by atoms with Crippen molar-refractivity contribution in [3.05, 3.63) is 60.7 Å². The third kappa shape index (κ3) is 2.98. The number of hydrogen-bond acceptors (Lipinski definition) is 3. The van der Waals surface area contributed by atoms with Crippen LogP contribution < -0.4 is 5.32 Å². The van der Waals surface area contributed by atoms with Gasteiger partial charge in [0.15, 0.2) is 0 Å². The molecular weight excluding hydrogens is 580 g/mol. The van der Waals surface area contributed by atoms with E-state index in [0.717, 1.165) is 34.8 Å². The summed E-state index contributed by atoms with van der Waals surface area (Å²) in [7, 11) is 0. The lowest BCUT2D eigenvalue weighted by Gasteiger charge is -2.58. The van der Waals surface area contributed by atoms with Crippen molar-refractivity contribution >= 4 is 51.2 Å².